The average molecular weight is 472 g/mol. The Morgan fingerprint density at radius 3 is 2.66 bits per heavy atom. The molecular weight excluding hydrogens is 446 g/mol. The molecule has 8 heteroatoms. The van der Waals surface area contributed by atoms with Crippen LogP contribution in [0.4, 0.5) is 5.69 Å². The first-order chi connectivity index (χ1) is 15.2. The number of halogens is 1. The highest BCUT2D eigenvalue weighted by atomic mass is 35.5. The maximum absolute atomic E-state index is 13.4. The Morgan fingerprint density at radius 1 is 1.25 bits per heavy atom. The first-order valence-electron chi connectivity index (χ1n) is 10.0. The predicted molar refractivity (Wildman–Crippen MR) is 133 cm³/mol. The summed E-state index contributed by atoms with van der Waals surface area (Å²) in [7, 11) is 1.53. The van der Waals surface area contributed by atoms with Crippen LogP contribution < -0.4 is 25.4 Å². The van der Waals surface area contributed by atoms with Crippen molar-refractivity contribution in [3.8, 4) is 11.5 Å². The molecule has 1 aliphatic heterocycles. The molecule has 1 aliphatic rings. The quantitative estimate of drug-likeness (QED) is 0.391. The summed E-state index contributed by atoms with van der Waals surface area (Å²) in [5.41, 5.74) is 4.67. The van der Waals surface area contributed by atoms with Gasteiger partial charge in [-0.3, -0.25) is 4.79 Å². The Morgan fingerprint density at radius 2 is 2.00 bits per heavy atom. The van der Waals surface area contributed by atoms with Crippen LogP contribution in [0.25, 0.3) is 0 Å². The van der Waals surface area contributed by atoms with Crippen LogP contribution in [0, 0.1) is 13.8 Å². The Bertz CT molecular complexity index is 1110. The van der Waals surface area contributed by atoms with Gasteiger partial charge in [0.05, 0.1) is 18.7 Å². The molecule has 0 aliphatic carbocycles. The van der Waals surface area contributed by atoms with Crippen molar-refractivity contribution in [1.29, 1.82) is 0 Å². The maximum Gasteiger partial charge on any atom is 0.255 e. The number of anilines is 1. The molecule has 2 aromatic rings. The Balaban J connectivity index is 2.07. The number of carbonyl (C=O) groups excluding carboxylic acids is 1. The highest BCUT2D eigenvalue weighted by Gasteiger charge is 2.33. The van der Waals surface area contributed by atoms with Gasteiger partial charge in [-0.1, -0.05) is 30.3 Å². The lowest BCUT2D eigenvalue weighted by molar-refractivity contribution is -0.113. The molecule has 0 unspecified atom stereocenters. The monoisotopic (exact) mass is 471 g/mol. The third-order valence-corrected chi connectivity index (χ3v) is 5.64. The molecule has 0 radical (unpaired) electrons. The third kappa shape index (κ3) is 5.06. The zero-order chi connectivity index (χ0) is 23.4. The molecule has 0 fully saturated rings. The SMILES string of the molecule is C=CCOc1c(OC)cc(Cl)cc1[C@@H]1NC(=S)NC(C)=C1C(=O)Nc1ccc(C)c(C)c1. The fourth-order valence-corrected chi connectivity index (χ4v) is 3.98. The Labute approximate surface area is 198 Å². The van der Waals surface area contributed by atoms with E-state index in [1.165, 1.54) is 7.11 Å². The molecule has 1 heterocycles. The van der Waals surface area contributed by atoms with Gasteiger partial charge in [-0.15, -0.1) is 0 Å². The van der Waals surface area contributed by atoms with Crippen molar-refractivity contribution in [3.63, 3.8) is 0 Å². The van der Waals surface area contributed by atoms with Gasteiger partial charge in [-0.05, 0) is 62.3 Å². The van der Waals surface area contributed by atoms with Crippen molar-refractivity contribution in [2.24, 2.45) is 0 Å². The topological polar surface area (TPSA) is 71.6 Å². The lowest BCUT2D eigenvalue weighted by Crippen LogP contribution is -2.45. The van der Waals surface area contributed by atoms with Gasteiger partial charge in [-0.25, -0.2) is 0 Å². The summed E-state index contributed by atoms with van der Waals surface area (Å²) in [4.78, 5) is 13.4. The zero-order valence-corrected chi connectivity index (χ0v) is 20.0. The van der Waals surface area contributed by atoms with E-state index in [-0.39, 0.29) is 12.5 Å². The van der Waals surface area contributed by atoms with Gasteiger partial charge >= 0.3 is 0 Å². The van der Waals surface area contributed by atoms with Gasteiger partial charge in [0.2, 0.25) is 0 Å². The van der Waals surface area contributed by atoms with Gasteiger partial charge in [0, 0.05) is 28.0 Å². The summed E-state index contributed by atoms with van der Waals surface area (Å²) >= 11 is 11.7. The lowest BCUT2D eigenvalue weighted by atomic mass is 9.93. The standard InChI is InChI=1S/C24H26ClN3O3S/c1-6-9-31-22-18(11-16(25)12-19(22)30-5)21-20(15(4)26-24(32)28-21)23(29)27-17-8-7-13(2)14(3)10-17/h6-8,10-12,21H,1,9H2,2-5H3,(H,27,29)(H2,26,28,32)/t21-/m0/s1. The summed E-state index contributed by atoms with van der Waals surface area (Å²) in [5, 5.41) is 10.0. The van der Waals surface area contributed by atoms with Crippen LogP contribution in [0.1, 0.15) is 29.7 Å². The molecule has 168 valence electrons. The fraction of sp³-hybridized carbons (Fsp3) is 0.250. The van der Waals surface area contributed by atoms with Gasteiger partial charge in [0.25, 0.3) is 5.91 Å². The number of ether oxygens (including phenoxy) is 2. The van der Waals surface area contributed by atoms with E-state index in [0.717, 1.165) is 11.1 Å². The first-order valence-corrected chi connectivity index (χ1v) is 10.8. The van der Waals surface area contributed by atoms with Gasteiger partial charge in [-0.2, -0.15) is 0 Å². The smallest absolute Gasteiger partial charge is 0.255 e. The lowest BCUT2D eigenvalue weighted by Gasteiger charge is -2.31. The van der Waals surface area contributed by atoms with E-state index < -0.39 is 6.04 Å². The second kappa shape index (κ2) is 10.1. The molecule has 0 spiro atoms. The number of carbonyl (C=O) groups is 1. The summed E-state index contributed by atoms with van der Waals surface area (Å²) in [6.07, 6.45) is 1.63. The number of nitrogens with one attached hydrogen (secondary N) is 3. The Hall–Kier alpha value is -3.03. The second-order valence-electron chi connectivity index (χ2n) is 7.45. The fourth-order valence-electron chi connectivity index (χ4n) is 3.50. The third-order valence-electron chi connectivity index (χ3n) is 5.20. The number of methoxy groups -OCH3 is 1. The summed E-state index contributed by atoms with van der Waals surface area (Å²) in [5.74, 6) is 0.641. The van der Waals surface area contributed by atoms with E-state index in [2.05, 4.69) is 22.5 Å². The molecule has 3 N–H and O–H groups in total. The molecule has 32 heavy (non-hydrogen) atoms. The minimum absolute atomic E-state index is 0.257. The normalized spacial score (nSPS) is 15.5. The number of hydrogen-bond acceptors (Lipinski definition) is 4. The van der Waals surface area contributed by atoms with E-state index in [1.54, 1.807) is 18.2 Å². The number of aryl methyl sites for hydroxylation is 2. The van der Waals surface area contributed by atoms with Crippen LogP contribution >= 0.6 is 23.8 Å². The first kappa shape index (κ1) is 23.6. The highest BCUT2D eigenvalue weighted by molar-refractivity contribution is 7.80. The van der Waals surface area contributed by atoms with Crippen LogP contribution in [0.15, 0.2) is 54.3 Å². The van der Waals surface area contributed by atoms with Gasteiger partial charge < -0.3 is 25.4 Å². The van der Waals surface area contributed by atoms with Gasteiger partial charge in [0.15, 0.2) is 16.6 Å². The number of benzene rings is 2. The number of allylic oxidation sites excluding steroid dienone is 1. The van der Waals surface area contributed by atoms with Crippen molar-refractivity contribution in [3.05, 3.63) is 76.0 Å². The molecule has 6 nitrogen and oxygen atoms in total. The predicted octanol–water partition coefficient (Wildman–Crippen LogP) is 4.96. The molecule has 2 aromatic carbocycles. The van der Waals surface area contributed by atoms with Crippen molar-refractivity contribution < 1.29 is 14.3 Å². The van der Waals surface area contributed by atoms with Crippen molar-refractivity contribution in [1.82, 2.24) is 10.6 Å². The summed E-state index contributed by atoms with van der Waals surface area (Å²) < 4.78 is 11.4. The molecule has 3 rings (SSSR count). The van der Waals surface area contributed by atoms with Crippen LogP contribution in [0.2, 0.25) is 5.02 Å². The van der Waals surface area contributed by atoms with Crippen LogP contribution in [-0.4, -0.2) is 24.7 Å². The minimum atomic E-state index is -0.609. The molecule has 0 saturated carbocycles. The van der Waals surface area contributed by atoms with Crippen LogP contribution in [-0.2, 0) is 4.79 Å². The number of rotatable bonds is 7. The molecular formula is C24H26ClN3O3S. The van der Waals surface area contributed by atoms with Crippen LogP contribution in [0.5, 0.6) is 11.5 Å². The maximum atomic E-state index is 13.4. The second-order valence-corrected chi connectivity index (χ2v) is 8.29. The van der Waals surface area contributed by atoms with E-state index in [0.29, 0.717) is 44.2 Å². The largest absolute Gasteiger partial charge is 0.493 e. The van der Waals surface area contributed by atoms with Gasteiger partial charge in [0.1, 0.15) is 6.61 Å². The molecule has 0 saturated heterocycles. The summed E-state index contributed by atoms with van der Waals surface area (Å²) in [6, 6.07) is 8.58. The van der Waals surface area contributed by atoms with Crippen LogP contribution in [0.3, 0.4) is 0 Å². The minimum Gasteiger partial charge on any atom is -0.493 e. The molecule has 1 atom stereocenters. The summed E-state index contributed by atoms with van der Waals surface area (Å²) in [6.45, 7) is 9.80. The number of amides is 1. The zero-order valence-electron chi connectivity index (χ0n) is 18.5. The van der Waals surface area contributed by atoms with Crippen molar-refractivity contribution >= 4 is 40.5 Å². The van der Waals surface area contributed by atoms with E-state index >= 15 is 0 Å². The van der Waals surface area contributed by atoms with E-state index in [4.69, 9.17) is 33.3 Å². The van der Waals surface area contributed by atoms with E-state index in [9.17, 15) is 4.79 Å². The molecule has 0 bridgehead atoms. The molecule has 1 amide bonds. The Kier molecular flexibility index (Phi) is 7.43. The number of hydrogen-bond donors (Lipinski definition) is 3. The van der Waals surface area contributed by atoms with Crippen molar-refractivity contribution in [2.45, 2.75) is 26.8 Å². The number of thiocarbonyl (C=S) groups is 1. The highest BCUT2D eigenvalue weighted by Crippen LogP contribution is 2.41. The molecule has 0 aromatic heterocycles. The van der Waals surface area contributed by atoms with Crippen molar-refractivity contribution in [2.75, 3.05) is 19.0 Å². The van der Waals surface area contributed by atoms with E-state index in [1.807, 2.05) is 39.0 Å². The average Bonchev–Trinajstić information content (AvgIpc) is 2.74.